The number of carbonyl (C=O) groups is 1. The quantitative estimate of drug-likeness (QED) is 0.461. The number of carbonyl (C=O) groups excluding carboxylic acids is 1. The van der Waals surface area contributed by atoms with Crippen LogP contribution in [0.4, 0.5) is 0 Å². The Balaban J connectivity index is 3.62. The van der Waals surface area contributed by atoms with Gasteiger partial charge in [0.2, 0.25) is 0 Å². The lowest BCUT2D eigenvalue weighted by molar-refractivity contribution is -0.140. The van der Waals surface area contributed by atoms with Gasteiger partial charge in [-0.15, -0.1) is 0 Å². The van der Waals surface area contributed by atoms with Crippen LogP contribution in [0.1, 0.15) is 33.6 Å². The molecule has 0 atom stereocenters. The zero-order valence-corrected chi connectivity index (χ0v) is 7.52. The molecule has 0 aliphatic carbocycles. The number of hydrogen-bond acceptors (Lipinski definition) is 2. The second-order valence-electron chi connectivity index (χ2n) is 2.48. The van der Waals surface area contributed by atoms with Gasteiger partial charge in [0.1, 0.15) is 6.61 Å². The molecule has 0 spiro atoms. The average Bonchev–Trinajstić information content (AvgIpc) is 1.97. The Kier molecular flexibility index (Phi) is 5.53. The summed E-state index contributed by atoms with van der Waals surface area (Å²) in [6.07, 6.45) is 4.12. The zero-order valence-electron chi connectivity index (χ0n) is 7.52. The fourth-order valence-corrected chi connectivity index (χ4v) is 0.815. The van der Waals surface area contributed by atoms with Crippen molar-refractivity contribution in [2.45, 2.75) is 33.6 Å². The molecule has 0 aromatic heterocycles. The summed E-state index contributed by atoms with van der Waals surface area (Å²) in [5, 5.41) is 0. The van der Waals surface area contributed by atoms with Crippen LogP contribution in [0.3, 0.4) is 0 Å². The molecule has 0 aromatic rings. The summed E-state index contributed by atoms with van der Waals surface area (Å²) in [7, 11) is 0. The standard InChI is InChI=1S/C9H16O2/c1-4-6-9(5-2)7-11-8(3)10/h5H,4,6-7H2,1-3H3. The van der Waals surface area contributed by atoms with Crippen molar-refractivity contribution >= 4 is 5.97 Å². The van der Waals surface area contributed by atoms with E-state index in [-0.39, 0.29) is 5.97 Å². The molecule has 0 aliphatic heterocycles. The lowest BCUT2D eigenvalue weighted by Gasteiger charge is -2.04. The van der Waals surface area contributed by atoms with E-state index in [0.29, 0.717) is 6.61 Å². The molecule has 2 nitrogen and oxygen atoms in total. The highest BCUT2D eigenvalue weighted by Gasteiger charge is 1.96. The molecule has 0 aromatic carbocycles. The van der Waals surface area contributed by atoms with Crippen LogP contribution in [-0.4, -0.2) is 12.6 Å². The molecule has 0 saturated carbocycles. The molecule has 0 saturated heterocycles. The molecule has 0 rings (SSSR count). The van der Waals surface area contributed by atoms with E-state index >= 15 is 0 Å². The highest BCUT2D eigenvalue weighted by molar-refractivity contribution is 5.66. The Labute approximate surface area is 68.2 Å². The number of rotatable bonds is 4. The lowest BCUT2D eigenvalue weighted by atomic mass is 10.1. The van der Waals surface area contributed by atoms with Crippen LogP contribution in [0.2, 0.25) is 0 Å². The van der Waals surface area contributed by atoms with E-state index < -0.39 is 0 Å². The summed E-state index contributed by atoms with van der Waals surface area (Å²) in [5.41, 5.74) is 1.20. The molecule has 11 heavy (non-hydrogen) atoms. The fourth-order valence-electron chi connectivity index (χ4n) is 0.815. The number of ether oxygens (including phenoxy) is 1. The van der Waals surface area contributed by atoms with Gasteiger partial charge in [-0.25, -0.2) is 0 Å². The van der Waals surface area contributed by atoms with Gasteiger partial charge in [-0.1, -0.05) is 19.4 Å². The van der Waals surface area contributed by atoms with E-state index in [1.165, 1.54) is 12.5 Å². The van der Waals surface area contributed by atoms with Crippen LogP contribution in [0.5, 0.6) is 0 Å². The monoisotopic (exact) mass is 156 g/mol. The van der Waals surface area contributed by atoms with Crippen molar-refractivity contribution in [1.29, 1.82) is 0 Å². The Morgan fingerprint density at radius 2 is 2.18 bits per heavy atom. The first kappa shape index (κ1) is 10.2. The van der Waals surface area contributed by atoms with Crippen molar-refractivity contribution in [3.63, 3.8) is 0 Å². The highest BCUT2D eigenvalue weighted by Crippen LogP contribution is 2.04. The highest BCUT2D eigenvalue weighted by atomic mass is 16.5. The van der Waals surface area contributed by atoms with Crippen molar-refractivity contribution in [3.05, 3.63) is 11.6 Å². The Morgan fingerprint density at radius 1 is 1.55 bits per heavy atom. The van der Waals surface area contributed by atoms with Gasteiger partial charge in [0.05, 0.1) is 0 Å². The Hall–Kier alpha value is -0.790. The van der Waals surface area contributed by atoms with Crippen LogP contribution in [0, 0.1) is 0 Å². The first-order valence-electron chi connectivity index (χ1n) is 3.98. The third kappa shape index (κ3) is 5.64. The van der Waals surface area contributed by atoms with Crippen LogP contribution in [-0.2, 0) is 9.53 Å². The van der Waals surface area contributed by atoms with Crippen molar-refractivity contribution < 1.29 is 9.53 Å². The van der Waals surface area contributed by atoms with Gasteiger partial charge >= 0.3 is 5.97 Å². The Morgan fingerprint density at radius 3 is 2.55 bits per heavy atom. The summed E-state index contributed by atoms with van der Waals surface area (Å²) in [5.74, 6) is -0.208. The third-order valence-corrected chi connectivity index (χ3v) is 1.44. The smallest absolute Gasteiger partial charge is 0.302 e. The summed E-state index contributed by atoms with van der Waals surface area (Å²) >= 11 is 0. The SMILES string of the molecule is CC=C(CCC)COC(C)=O. The second kappa shape index (κ2) is 5.96. The van der Waals surface area contributed by atoms with Gasteiger partial charge in [0, 0.05) is 6.92 Å². The molecular formula is C9H16O2. The van der Waals surface area contributed by atoms with E-state index in [1.807, 2.05) is 13.0 Å². The number of allylic oxidation sites excluding steroid dienone is 1. The zero-order chi connectivity index (χ0) is 8.69. The first-order valence-corrected chi connectivity index (χ1v) is 3.98. The molecule has 0 aliphatic rings. The topological polar surface area (TPSA) is 26.3 Å². The predicted octanol–water partition coefficient (Wildman–Crippen LogP) is 2.30. The van der Waals surface area contributed by atoms with Gasteiger partial charge in [0.15, 0.2) is 0 Å². The van der Waals surface area contributed by atoms with E-state index in [1.54, 1.807) is 0 Å². The van der Waals surface area contributed by atoms with Gasteiger partial charge in [-0.2, -0.15) is 0 Å². The first-order chi connectivity index (χ1) is 5.20. The molecule has 0 radical (unpaired) electrons. The minimum Gasteiger partial charge on any atom is -0.461 e. The summed E-state index contributed by atoms with van der Waals surface area (Å²) < 4.78 is 4.84. The molecule has 0 unspecified atom stereocenters. The number of esters is 1. The normalized spacial score (nSPS) is 11.4. The molecule has 0 amide bonds. The van der Waals surface area contributed by atoms with Crippen molar-refractivity contribution in [3.8, 4) is 0 Å². The van der Waals surface area contributed by atoms with E-state index in [2.05, 4.69) is 6.92 Å². The maximum Gasteiger partial charge on any atom is 0.302 e. The average molecular weight is 156 g/mol. The van der Waals surface area contributed by atoms with Crippen LogP contribution < -0.4 is 0 Å². The van der Waals surface area contributed by atoms with E-state index in [0.717, 1.165) is 12.8 Å². The maximum absolute atomic E-state index is 10.4. The molecule has 0 N–H and O–H groups in total. The van der Waals surface area contributed by atoms with Crippen molar-refractivity contribution in [2.24, 2.45) is 0 Å². The molecule has 64 valence electrons. The molecular weight excluding hydrogens is 140 g/mol. The van der Waals surface area contributed by atoms with Gasteiger partial charge in [0.25, 0.3) is 0 Å². The van der Waals surface area contributed by atoms with Gasteiger partial charge in [-0.3, -0.25) is 4.79 Å². The Bertz CT molecular complexity index is 148. The molecule has 0 bridgehead atoms. The van der Waals surface area contributed by atoms with E-state index in [9.17, 15) is 4.79 Å². The van der Waals surface area contributed by atoms with E-state index in [4.69, 9.17) is 4.74 Å². The summed E-state index contributed by atoms with van der Waals surface area (Å²) in [6, 6.07) is 0. The molecule has 0 heterocycles. The van der Waals surface area contributed by atoms with Gasteiger partial charge < -0.3 is 4.74 Å². The van der Waals surface area contributed by atoms with Crippen LogP contribution in [0.25, 0.3) is 0 Å². The molecule has 2 heteroatoms. The number of hydrogen-bond donors (Lipinski definition) is 0. The van der Waals surface area contributed by atoms with Crippen molar-refractivity contribution in [2.75, 3.05) is 6.61 Å². The maximum atomic E-state index is 10.4. The molecule has 0 fully saturated rings. The minimum atomic E-state index is -0.208. The minimum absolute atomic E-state index is 0.208. The summed E-state index contributed by atoms with van der Waals surface area (Å²) in [4.78, 5) is 10.4. The predicted molar refractivity (Wildman–Crippen MR) is 45.3 cm³/mol. The van der Waals surface area contributed by atoms with Crippen LogP contribution >= 0.6 is 0 Å². The fraction of sp³-hybridized carbons (Fsp3) is 0.667. The van der Waals surface area contributed by atoms with Crippen molar-refractivity contribution in [1.82, 2.24) is 0 Å². The third-order valence-electron chi connectivity index (χ3n) is 1.44. The second-order valence-corrected chi connectivity index (χ2v) is 2.48. The van der Waals surface area contributed by atoms with Gasteiger partial charge in [-0.05, 0) is 18.9 Å². The largest absolute Gasteiger partial charge is 0.461 e. The van der Waals surface area contributed by atoms with Crippen LogP contribution in [0.15, 0.2) is 11.6 Å². The lowest BCUT2D eigenvalue weighted by Crippen LogP contribution is -2.02. The summed E-state index contributed by atoms with van der Waals surface area (Å²) in [6.45, 7) is 5.96.